The predicted molar refractivity (Wildman–Crippen MR) is 135 cm³/mol. The van der Waals surface area contributed by atoms with Crippen molar-refractivity contribution in [2.75, 3.05) is 6.54 Å². The van der Waals surface area contributed by atoms with Crippen LogP contribution in [0.4, 0.5) is 0 Å². The number of carbonyl (C=O) groups is 1. The standard InChI is InChI=1S/C27H25N7O2/c35-25(30-13-18-4-2-1-3-5-18)17-34-16-23(32-33-34)22-15-31-27-26(22)24(9-11-29-27)36-21-7-6-19-8-10-28-14-20(19)12-21/h1-7,9,11-12,15-16,28H,8,10,13-14,17H2,(H,29,31)(H,30,35). The van der Waals surface area contributed by atoms with E-state index in [4.69, 9.17) is 4.74 Å². The number of benzene rings is 2. The Labute approximate surface area is 207 Å². The van der Waals surface area contributed by atoms with Crippen molar-refractivity contribution < 1.29 is 9.53 Å². The number of carbonyl (C=O) groups excluding carboxylic acids is 1. The highest BCUT2D eigenvalue weighted by Crippen LogP contribution is 2.36. The predicted octanol–water partition coefficient (Wildman–Crippen LogP) is 3.58. The van der Waals surface area contributed by atoms with Crippen LogP contribution in [-0.4, -0.2) is 37.4 Å². The molecule has 9 heteroatoms. The average Bonchev–Trinajstić information content (AvgIpc) is 3.55. The van der Waals surface area contributed by atoms with Gasteiger partial charge >= 0.3 is 0 Å². The summed E-state index contributed by atoms with van der Waals surface area (Å²) in [6.45, 7) is 2.39. The van der Waals surface area contributed by atoms with Crippen LogP contribution in [0.15, 0.2) is 73.2 Å². The Bertz CT molecular complexity index is 1520. The van der Waals surface area contributed by atoms with Gasteiger partial charge in [-0.15, -0.1) is 5.10 Å². The lowest BCUT2D eigenvalue weighted by molar-refractivity contribution is -0.122. The summed E-state index contributed by atoms with van der Waals surface area (Å²) in [7, 11) is 0. The van der Waals surface area contributed by atoms with Crippen LogP contribution in [-0.2, 0) is 30.8 Å². The zero-order chi connectivity index (χ0) is 24.3. The number of pyridine rings is 1. The van der Waals surface area contributed by atoms with E-state index in [0.717, 1.165) is 41.8 Å². The molecule has 3 aromatic heterocycles. The van der Waals surface area contributed by atoms with Gasteiger partial charge in [0, 0.05) is 31.0 Å². The molecular weight excluding hydrogens is 454 g/mol. The SMILES string of the molecule is O=C(Cn1cc(-c2c[nH]c3nccc(Oc4ccc5c(c4)CNCC5)c23)nn1)NCc1ccccc1. The van der Waals surface area contributed by atoms with Crippen LogP contribution in [0.2, 0.25) is 0 Å². The molecule has 9 nitrogen and oxygen atoms in total. The van der Waals surface area contributed by atoms with Crippen molar-refractivity contribution in [3.05, 3.63) is 89.9 Å². The molecule has 4 heterocycles. The number of ether oxygens (including phenoxy) is 1. The van der Waals surface area contributed by atoms with E-state index in [1.165, 1.54) is 15.8 Å². The van der Waals surface area contributed by atoms with Crippen molar-refractivity contribution in [1.82, 2.24) is 35.6 Å². The van der Waals surface area contributed by atoms with Gasteiger partial charge in [-0.2, -0.15) is 0 Å². The first-order valence-corrected chi connectivity index (χ1v) is 11.9. The Balaban J connectivity index is 1.21. The molecule has 1 aliphatic rings. The van der Waals surface area contributed by atoms with Crippen molar-refractivity contribution in [2.45, 2.75) is 26.1 Å². The molecule has 0 saturated heterocycles. The lowest BCUT2D eigenvalue weighted by Crippen LogP contribution is -2.27. The van der Waals surface area contributed by atoms with Crippen molar-refractivity contribution >= 4 is 16.9 Å². The highest BCUT2D eigenvalue weighted by molar-refractivity contribution is 5.97. The molecule has 0 fully saturated rings. The summed E-state index contributed by atoms with van der Waals surface area (Å²) in [6, 6.07) is 17.9. The Hall–Kier alpha value is -4.50. The molecule has 0 spiro atoms. The number of H-pyrrole nitrogens is 1. The van der Waals surface area contributed by atoms with E-state index < -0.39 is 0 Å². The second-order valence-electron chi connectivity index (χ2n) is 8.76. The van der Waals surface area contributed by atoms with Gasteiger partial charge in [0.05, 0.1) is 11.6 Å². The number of aromatic nitrogens is 5. The zero-order valence-electron chi connectivity index (χ0n) is 19.6. The van der Waals surface area contributed by atoms with Crippen molar-refractivity contribution in [3.8, 4) is 22.8 Å². The molecule has 2 aromatic carbocycles. The second kappa shape index (κ2) is 9.63. The summed E-state index contributed by atoms with van der Waals surface area (Å²) in [4.78, 5) is 20.1. The van der Waals surface area contributed by atoms with E-state index in [0.29, 0.717) is 23.6 Å². The number of hydrogen-bond acceptors (Lipinski definition) is 6. The van der Waals surface area contributed by atoms with Gasteiger partial charge in [-0.1, -0.05) is 41.6 Å². The first-order valence-electron chi connectivity index (χ1n) is 11.9. The van der Waals surface area contributed by atoms with E-state index in [1.807, 2.05) is 48.7 Å². The van der Waals surface area contributed by atoms with Crippen molar-refractivity contribution in [1.29, 1.82) is 0 Å². The molecule has 6 rings (SSSR count). The summed E-state index contributed by atoms with van der Waals surface area (Å²) in [5.41, 5.74) is 5.78. The van der Waals surface area contributed by atoms with E-state index in [9.17, 15) is 4.79 Å². The Morgan fingerprint density at radius 1 is 1.11 bits per heavy atom. The lowest BCUT2D eigenvalue weighted by Gasteiger charge is -2.18. The summed E-state index contributed by atoms with van der Waals surface area (Å²) in [6.07, 6.45) is 6.33. The third kappa shape index (κ3) is 4.56. The van der Waals surface area contributed by atoms with Gasteiger partial charge in [0.15, 0.2) is 0 Å². The second-order valence-corrected chi connectivity index (χ2v) is 8.76. The molecule has 0 radical (unpaired) electrons. The van der Waals surface area contributed by atoms with Crippen LogP contribution in [0.3, 0.4) is 0 Å². The van der Waals surface area contributed by atoms with Crippen molar-refractivity contribution in [2.24, 2.45) is 0 Å². The lowest BCUT2D eigenvalue weighted by atomic mass is 10.0. The van der Waals surface area contributed by atoms with Crippen molar-refractivity contribution in [3.63, 3.8) is 0 Å². The monoisotopic (exact) mass is 479 g/mol. The number of amides is 1. The summed E-state index contributed by atoms with van der Waals surface area (Å²) in [5, 5.41) is 15.6. The van der Waals surface area contributed by atoms with Gasteiger partial charge in [0.2, 0.25) is 5.91 Å². The van der Waals surface area contributed by atoms with Gasteiger partial charge in [-0.3, -0.25) is 4.79 Å². The first-order chi connectivity index (χ1) is 17.7. The van der Waals surface area contributed by atoms with Gasteiger partial charge in [0.1, 0.15) is 29.4 Å². The average molecular weight is 480 g/mol. The van der Waals surface area contributed by atoms with Crippen LogP contribution < -0.4 is 15.4 Å². The van der Waals surface area contributed by atoms with Crippen LogP contribution in [0.25, 0.3) is 22.3 Å². The largest absolute Gasteiger partial charge is 0.457 e. The fraction of sp³-hybridized carbons (Fsp3) is 0.185. The highest BCUT2D eigenvalue weighted by Gasteiger charge is 2.17. The third-order valence-electron chi connectivity index (χ3n) is 6.28. The maximum Gasteiger partial charge on any atom is 0.242 e. The molecule has 1 amide bonds. The number of fused-ring (bicyclic) bond motifs is 2. The smallest absolute Gasteiger partial charge is 0.242 e. The molecule has 0 atom stereocenters. The minimum atomic E-state index is -0.137. The summed E-state index contributed by atoms with van der Waals surface area (Å²) >= 11 is 0. The van der Waals surface area contributed by atoms with E-state index in [2.05, 4.69) is 43.0 Å². The van der Waals surface area contributed by atoms with Gasteiger partial charge in [-0.05, 0) is 47.9 Å². The molecular formula is C27H25N7O2. The van der Waals surface area contributed by atoms with Crippen LogP contribution in [0.5, 0.6) is 11.5 Å². The van der Waals surface area contributed by atoms with E-state index in [-0.39, 0.29) is 12.5 Å². The maximum atomic E-state index is 12.4. The summed E-state index contributed by atoms with van der Waals surface area (Å²) < 4.78 is 7.85. The van der Waals surface area contributed by atoms with Crippen LogP contribution in [0, 0.1) is 0 Å². The van der Waals surface area contributed by atoms with E-state index in [1.54, 1.807) is 12.4 Å². The topological polar surface area (TPSA) is 110 Å². The number of nitrogens with one attached hydrogen (secondary N) is 3. The minimum absolute atomic E-state index is 0.0763. The molecule has 36 heavy (non-hydrogen) atoms. The molecule has 180 valence electrons. The number of rotatable bonds is 7. The quantitative estimate of drug-likeness (QED) is 0.329. The third-order valence-corrected chi connectivity index (χ3v) is 6.28. The Morgan fingerprint density at radius 3 is 2.94 bits per heavy atom. The van der Waals surface area contributed by atoms with Gasteiger partial charge in [-0.25, -0.2) is 9.67 Å². The normalized spacial score (nSPS) is 12.9. The molecule has 0 aliphatic carbocycles. The fourth-order valence-corrected chi connectivity index (χ4v) is 4.46. The van der Waals surface area contributed by atoms with Crippen LogP contribution in [0.1, 0.15) is 16.7 Å². The molecule has 0 saturated carbocycles. The number of hydrogen-bond donors (Lipinski definition) is 3. The minimum Gasteiger partial charge on any atom is -0.457 e. The molecule has 0 unspecified atom stereocenters. The maximum absolute atomic E-state index is 12.4. The number of aromatic amines is 1. The Kier molecular flexibility index (Phi) is 5.88. The van der Waals surface area contributed by atoms with Gasteiger partial charge < -0.3 is 20.4 Å². The van der Waals surface area contributed by atoms with Gasteiger partial charge in [0.25, 0.3) is 0 Å². The fourth-order valence-electron chi connectivity index (χ4n) is 4.46. The molecule has 3 N–H and O–H groups in total. The molecule has 5 aromatic rings. The van der Waals surface area contributed by atoms with Crippen LogP contribution >= 0.6 is 0 Å². The number of nitrogens with zero attached hydrogens (tertiary/aromatic N) is 4. The highest BCUT2D eigenvalue weighted by atomic mass is 16.5. The van der Waals surface area contributed by atoms with E-state index >= 15 is 0 Å². The Morgan fingerprint density at radius 2 is 2.03 bits per heavy atom. The summed E-state index contributed by atoms with van der Waals surface area (Å²) in [5.74, 6) is 1.31. The molecule has 0 bridgehead atoms. The molecule has 1 aliphatic heterocycles. The first kappa shape index (κ1) is 22.0. The zero-order valence-corrected chi connectivity index (χ0v) is 19.6.